The largest absolute Gasteiger partial charge is 0.533 e. The lowest BCUT2D eigenvalue weighted by Crippen LogP contribution is -2.32. The van der Waals surface area contributed by atoms with Crippen molar-refractivity contribution in [2.24, 2.45) is 5.73 Å². The Morgan fingerprint density at radius 1 is 1.38 bits per heavy atom. The summed E-state index contributed by atoms with van der Waals surface area (Å²) >= 11 is 0. The zero-order valence-corrected chi connectivity index (χ0v) is 7.54. The average molecular weight is 190 g/mol. The van der Waals surface area contributed by atoms with Gasteiger partial charge >= 0.3 is 12.2 Å². The van der Waals surface area contributed by atoms with Crippen LogP contribution in [0, 0.1) is 0 Å². The van der Waals surface area contributed by atoms with E-state index in [1.807, 2.05) is 6.92 Å². The highest BCUT2D eigenvalue weighted by Crippen LogP contribution is 1.94. The van der Waals surface area contributed by atoms with Gasteiger partial charge < -0.3 is 15.3 Å². The first kappa shape index (κ1) is 11.5. The predicted octanol–water partition coefficient (Wildman–Crippen LogP) is 0.913. The molecule has 0 heterocycles. The minimum atomic E-state index is -0.949. The van der Waals surface area contributed by atoms with E-state index in [1.54, 1.807) is 5.48 Å². The Balaban J connectivity index is 3.25. The van der Waals surface area contributed by atoms with Crippen LogP contribution in [-0.4, -0.2) is 18.8 Å². The number of hydroxylamine groups is 1. The van der Waals surface area contributed by atoms with Gasteiger partial charge in [-0.05, 0) is 6.42 Å². The van der Waals surface area contributed by atoms with E-state index >= 15 is 0 Å². The van der Waals surface area contributed by atoms with Crippen LogP contribution in [-0.2, 0) is 9.57 Å². The van der Waals surface area contributed by atoms with Gasteiger partial charge in [-0.15, -0.1) is 0 Å². The van der Waals surface area contributed by atoms with Gasteiger partial charge in [0.25, 0.3) is 0 Å². The topological polar surface area (TPSA) is 90.7 Å². The Labute approximate surface area is 76.3 Å². The summed E-state index contributed by atoms with van der Waals surface area (Å²) in [7, 11) is 0. The lowest BCUT2D eigenvalue weighted by Gasteiger charge is -2.03. The van der Waals surface area contributed by atoms with Crippen molar-refractivity contribution in [1.82, 2.24) is 5.48 Å². The summed E-state index contributed by atoms with van der Waals surface area (Å²) in [6, 6.07) is -0.939. The summed E-state index contributed by atoms with van der Waals surface area (Å²) in [4.78, 5) is 24.8. The third-order valence-corrected chi connectivity index (χ3v) is 1.20. The van der Waals surface area contributed by atoms with E-state index in [0.29, 0.717) is 0 Å². The number of carbonyl (C=O) groups excluding carboxylic acids is 2. The zero-order chi connectivity index (χ0) is 10.1. The average Bonchev–Trinajstić information content (AvgIpc) is 2.09. The van der Waals surface area contributed by atoms with Gasteiger partial charge in [0.15, 0.2) is 0 Å². The molecule has 6 nitrogen and oxygen atoms in total. The molecule has 0 bridgehead atoms. The third kappa shape index (κ3) is 8.45. The van der Waals surface area contributed by atoms with E-state index in [4.69, 9.17) is 0 Å². The number of unbranched alkanes of at least 4 members (excludes halogenated alkanes) is 2. The summed E-state index contributed by atoms with van der Waals surface area (Å²) < 4.78 is 4.56. The lowest BCUT2D eigenvalue weighted by atomic mass is 10.3. The molecule has 2 amide bonds. The number of carbonyl (C=O) groups is 2. The first-order chi connectivity index (χ1) is 6.16. The number of rotatable bonds is 4. The molecule has 13 heavy (non-hydrogen) atoms. The molecule has 0 saturated heterocycles. The second-order valence-corrected chi connectivity index (χ2v) is 2.37. The molecule has 0 rings (SSSR count). The summed E-state index contributed by atoms with van der Waals surface area (Å²) in [6.45, 7) is 2.32. The van der Waals surface area contributed by atoms with Gasteiger partial charge in [0.2, 0.25) is 0 Å². The minimum absolute atomic E-state index is 0.285. The van der Waals surface area contributed by atoms with Crippen molar-refractivity contribution in [3.8, 4) is 0 Å². The van der Waals surface area contributed by atoms with Crippen molar-refractivity contribution < 1.29 is 19.2 Å². The molecule has 0 aromatic heterocycles. The third-order valence-electron chi connectivity index (χ3n) is 1.20. The monoisotopic (exact) mass is 190 g/mol. The molecule has 0 spiro atoms. The van der Waals surface area contributed by atoms with Gasteiger partial charge in [-0.1, -0.05) is 19.8 Å². The summed E-state index contributed by atoms with van der Waals surface area (Å²) in [5.74, 6) is 0. The molecule has 0 saturated carbocycles. The van der Waals surface area contributed by atoms with Crippen molar-refractivity contribution in [3.63, 3.8) is 0 Å². The van der Waals surface area contributed by atoms with Crippen LogP contribution in [0.2, 0.25) is 0 Å². The molecule has 0 aliphatic rings. The van der Waals surface area contributed by atoms with E-state index in [9.17, 15) is 9.59 Å². The highest BCUT2D eigenvalue weighted by atomic mass is 16.8. The Bertz CT molecular complexity index is 172. The number of hydrogen-bond donors (Lipinski definition) is 2. The van der Waals surface area contributed by atoms with Crippen molar-refractivity contribution in [2.45, 2.75) is 26.2 Å². The van der Waals surface area contributed by atoms with Crippen LogP contribution in [0.4, 0.5) is 9.59 Å². The molecule has 0 atom stereocenters. The SMILES string of the molecule is CCCCCOC(=O)ONC(N)=O. The summed E-state index contributed by atoms with van der Waals surface area (Å²) in [5, 5.41) is 0. The van der Waals surface area contributed by atoms with E-state index in [1.165, 1.54) is 0 Å². The summed E-state index contributed by atoms with van der Waals surface area (Å²) in [6.07, 6.45) is 1.85. The van der Waals surface area contributed by atoms with Crippen molar-refractivity contribution in [1.29, 1.82) is 0 Å². The molecular weight excluding hydrogens is 176 g/mol. The number of nitrogens with one attached hydrogen (secondary N) is 1. The Morgan fingerprint density at radius 2 is 2.08 bits per heavy atom. The molecule has 76 valence electrons. The quantitative estimate of drug-likeness (QED) is 0.391. The maximum absolute atomic E-state index is 10.6. The normalized spacial score (nSPS) is 9.00. The second kappa shape index (κ2) is 7.20. The van der Waals surface area contributed by atoms with Gasteiger partial charge in [-0.2, -0.15) is 5.48 Å². The number of amides is 2. The first-order valence-electron chi connectivity index (χ1n) is 4.06. The first-order valence-corrected chi connectivity index (χ1v) is 4.06. The van der Waals surface area contributed by atoms with Gasteiger partial charge in [0.1, 0.15) is 0 Å². The van der Waals surface area contributed by atoms with Crippen molar-refractivity contribution in [2.75, 3.05) is 6.61 Å². The number of ether oxygens (including phenoxy) is 1. The lowest BCUT2D eigenvalue weighted by molar-refractivity contribution is 0.0276. The molecule has 0 unspecified atom stereocenters. The van der Waals surface area contributed by atoms with Crippen LogP contribution in [0.3, 0.4) is 0 Å². The van der Waals surface area contributed by atoms with Crippen molar-refractivity contribution >= 4 is 12.2 Å². The number of hydrogen-bond acceptors (Lipinski definition) is 4. The Morgan fingerprint density at radius 3 is 2.62 bits per heavy atom. The van der Waals surface area contributed by atoms with E-state index in [0.717, 1.165) is 19.3 Å². The minimum Gasteiger partial charge on any atom is -0.433 e. The van der Waals surface area contributed by atoms with Crippen LogP contribution in [0.1, 0.15) is 26.2 Å². The fraction of sp³-hybridized carbons (Fsp3) is 0.714. The predicted molar refractivity (Wildman–Crippen MR) is 44.7 cm³/mol. The van der Waals surface area contributed by atoms with Gasteiger partial charge in [-0.25, -0.2) is 9.59 Å². The molecular formula is C7H14N2O4. The van der Waals surface area contributed by atoms with Crippen LogP contribution < -0.4 is 11.2 Å². The van der Waals surface area contributed by atoms with E-state index in [2.05, 4.69) is 15.3 Å². The maximum atomic E-state index is 10.6. The standard InChI is InChI=1S/C7H14N2O4/c1-2-3-4-5-12-7(11)13-9-6(8)10/h2-5H2,1H3,(H3,8,9,10). The molecule has 0 fully saturated rings. The molecule has 0 aliphatic heterocycles. The van der Waals surface area contributed by atoms with Crippen molar-refractivity contribution in [3.05, 3.63) is 0 Å². The van der Waals surface area contributed by atoms with Gasteiger partial charge in [0, 0.05) is 0 Å². The molecule has 0 radical (unpaired) electrons. The molecule has 0 aromatic rings. The van der Waals surface area contributed by atoms with Gasteiger partial charge in [0.05, 0.1) is 6.61 Å². The highest BCUT2D eigenvalue weighted by molar-refractivity contribution is 5.72. The molecule has 6 heteroatoms. The second-order valence-electron chi connectivity index (χ2n) is 2.37. The van der Waals surface area contributed by atoms with Gasteiger partial charge in [-0.3, -0.25) is 0 Å². The number of primary amides is 1. The smallest absolute Gasteiger partial charge is 0.433 e. The van der Waals surface area contributed by atoms with E-state index < -0.39 is 12.2 Å². The maximum Gasteiger partial charge on any atom is 0.533 e. The Hall–Kier alpha value is -1.46. The fourth-order valence-electron chi connectivity index (χ4n) is 0.629. The van der Waals surface area contributed by atoms with Crippen LogP contribution >= 0.6 is 0 Å². The number of nitrogens with two attached hydrogens (primary N) is 1. The zero-order valence-electron chi connectivity index (χ0n) is 7.54. The van der Waals surface area contributed by atoms with Crippen LogP contribution in [0.25, 0.3) is 0 Å². The highest BCUT2D eigenvalue weighted by Gasteiger charge is 2.04. The number of urea groups is 1. The van der Waals surface area contributed by atoms with Crippen LogP contribution in [0.5, 0.6) is 0 Å². The molecule has 0 aliphatic carbocycles. The van der Waals surface area contributed by atoms with Crippen LogP contribution in [0.15, 0.2) is 0 Å². The molecule has 0 aromatic carbocycles. The Kier molecular flexibility index (Phi) is 6.39. The molecule has 3 N–H and O–H groups in total. The fourth-order valence-corrected chi connectivity index (χ4v) is 0.629. The van der Waals surface area contributed by atoms with E-state index in [-0.39, 0.29) is 6.61 Å². The summed E-state index contributed by atoms with van der Waals surface area (Å²) in [5.41, 5.74) is 6.28.